The fraction of sp³-hybridized carbons (Fsp3) is 0.150. The molecular formula is C20H18N2O2S. The molecule has 1 N–H and O–H groups in total. The van der Waals surface area contributed by atoms with Gasteiger partial charge in [0.2, 0.25) is 0 Å². The van der Waals surface area contributed by atoms with Gasteiger partial charge >= 0.3 is 0 Å². The molecule has 3 aromatic heterocycles. The lowest BCUT2D eigenvalue weighted by Gasteiger charge is -2.20. The number of furan rings is 1. The summed E-state index contributed by atoms with van der Waals surface area (Å²) in [6.07, 6.45) is 1.63. The number of carbonyl (C=O) groups is 1. The van der Waals surface area contributed by atoms with E-state index in [0.717, 1.165) is 21.5 Å². The number of hydrogen-bond acceptors (Lipinski definition) is 3. The molecule has 126 valence electrons. The minimum Gasteiger partial charge on any atom is -0.467 e. The Bertz CT molecular complexity index is 948. The molecule has 4 aromatic rings. The quantitative estimate of drug-likeness (QED) is 0.552. The molecule has 4 nitrogen and oxygen atoms in total. The number of aromatic amines is 1. The lowest BCUT2D eigenvalue weighted by molar-refractivity contribution is 0.0714. The monoisotopic (exact) mass is 350 g/mol. The molecule has 0 spiro atoms. The van der Waals surface area contributed by atoms with Gasteiger partial charge in [0.1, 0.15) is 11.5 Å². The molecule has 0 aliphatic carbocycles. The number of nitrogens with one attached hydrogen (secondary N) is 1. The summed E-state index contributed by atoms with van der Waals surface area (Å²) < 4.78 is 5.44. The van der Waals surface area contributed by atoms with Crippen LogP contribution in [0.15, 0.2) is 64.6 Å². The van der Waals surface area contributed by atoms with Gasteiger partial charge in [0.15, 0.2) is 0 Å². The van der Waals surface area contributed by atoms with Crippen molar-refractivity contribution in [3.8, 4) is 0 Å². The lowest BCUT2D eigenvalue weighted by Crippen LogP contribution is -2.29. The van der Waals surface area contributed by atoms with Crippen molar-refractivity contribution >= 4 is 28.1 Å². The number of aromatic nitrogens is 1. The van der Waals surface area contributed by atoms with Crippen LogP contribution in [0.2, 0.25) is 0 Å². The molecule has 1 aromatic carbocycles. The minimum atomic E-state index is -0.0290. The number of carbonyl (C=O) groups excluding carboxylic acids is 1. The van der Waals surface area contributed by atoms with Crippen LogP contribution in [0.1, 0.15) is 26.7 Å². The van der Waals surface area contributed by atoms with Gasteiger partial charge in [-0.05, 0) is 48.7 Å². The van der Waals surface area contributed by atoms with Crippen LogP contribution < -0.4 is 0 Å². The molecule has 25 heavy (non-hydrogen) atoms. The third kappa shape index (κ3) is 3.37. The molecule has 0 unspecified atom stereocenters. The molecule has 0 radical (unpaired) electrons. The van der Waals surface area contributed by atoms with Crippen molar-refractivity contribution in [2.45, 2.75) is 20.0 Å². The number of amides is 1. The average Bonchev–Trinajstić information content (AvgIpc) is 3.34. The maximum Gasteiger partial charge on any atom is 0.271 e. The highest BCUT2D eigenvalue weighted by atomic mass is 32.1. The number of benzene rings is 1. The largest absolute Gasteiger partial charge is 0.467 e. The Kier molecular flexibility index (Phi) is 4.15. The van der Waals surface area contributed by atoms with Gasteiger partial charge in [-0.3, -0.25) is 4.79 Å². The summed E-state index contributed by atoms with van der Waals surface area (Å²) >= 11 is 1.65. The summed E-state index contributed by atoms with van der Waals surface area (Å²) in [4.78, 5) is 19.3. The number of rotatable bonds is 5. The van der Waals surface area contributed by atoms with Gasteiger partial charge in [0, 0.05) is 15.8 Å². The standard InChI is InChI=1S/C20H18N2O2S/c1-14-6-7-18-15(10-14)11-19(21-18)20(23)22(12-16-4-2-8-24-16)13-17-5-3-9-25-17/h2-11,21H,12-13H2,1H3. The SMILES string of the molecule is Cc1ccc2[nH]c(C(=O)N(Cc3ccco3)Cc3cccs3)cc2c1. The second-order valence-electron chi connectivity index (χ2n) is 6.09. The Hall–Kier alpha value is -2.79. The van der Waals surface area contributed by atoms with Crippen molar-refractivity contribution in [1.82, 2.24) is 9.88 Å². The summed E-state index contributed by atoms with van der Waals surface area (Å²) in [7, 11) is 0. The average molecular weight is 350 g/mol. The molecule has 0 aliphatic heterocycles. The molecule has 4 rings (SSSR count). The van der Waals surface area contributed by atoms with Crippen LogP contribution >= 0.6 is 11.3 Å². The predicted molar refractivity (Wildman–Crippen MR) is 99.6 cm³/mol. The first-order chi connectivity index (χ1) is 12.2. The van der Waals surface area contributed by atoms with Crippen LogP contribution in [0.3, 0.4) is 0 Å². The summed E-state index contributed by atoms with van der Waals surface area (Å²) in [5.41, 5.74) is 2.75. The van der Waals surface area contributed by atoms with Crippen LogP contribution in [0, 0.1) is 6.92 Å². The van der Waals surface area contributed by atoms with Crippen LogP contribution in [0.25, 0.3) is 10.9 Å². The molecular weight excluding hydrogens is 332 g/mol. The molecule has 0 saturated heterocycles. The molecule has 0 atom stereocenters. The van der Waals surface area contributed by atoms with E-state index in [4.69, 9.17) is 4.42 Å². The number of H-pyrrole nitrogens is 1. The van der Waals surface area contributed by atoms with E-state index in [1.807, 2.05) is 59.7 Å². The topological polar surface area (TPSA) is 49.2 Å². The third-order valence-corrected chi connectivity index (χ3v) is 5.01. The predicted octanol–water partition coefficient (Wildman–Crippen LogP) is 4.97. The normalized spacial score (nSPS) is 11.1. The van der Waals surface area contributed by atoms with E-state index in [0.29, 0.717) is 18.8 Å². The van der Waals surface area contributed by atoms with Gasteiger partial charge in [0.05, 0.1) is 19.4 Å². The highest BCUT2D eigenvalue weighted by molar-refractivity contribution is 7.09. The summed E-state index contributed by atoms with van der Waals surface area (Å²) in [5.74, 6) is 0.746. The van der Waals surface area contributed by atoms with E-state index < -0.39 is 0 Å². The van der Waals surface area contributed by atoms with E-state index in [1.165, 1.54) is 5.56 Å². The zero-order valence-electron chi connectivity index (χ0n) is 13.9. The van der Waals surface area contributed by atoms with Crippen molar-refractivity contribution in [3.63, 3.8) is 0 Å². The van der Waals surface area contributed by atoms with E-state index in [-0.39, 0.29) is 5.91 Å². The summed E-state index contributed by atoms with van der Waals surface area (Å²) in [6, 6.07) is 15.8. The van der Waals surface area contributed by atoms with E-state index >= 15 is 0 Å². The van der Waals surface area contributed by atoms with E-state index in [9.17, 15) is 4.79 Å². The van der Waals surface area contributed by atoms with Crippen molar-refractivity contribution in [2.24, 2.45) is 0 Å². The number of hydrogen-bond donors (Lipinski definition) is 1. The first kappa shape index (κ1) is 15.7. The van der Waals surface area contributed by atoms with E-state index in [2.05, 4.69) is 11.1 Å². The molecule has 3 heterocycles. The van der Waals surface area contributed by atoms with Gasteiger partial charge in [-0.25, -0.2) is 0 Å². The maximum absolute atomic E-state index is 13.1. The maximum atomic E-state index is 13.1. The van der Waals surface area contributed by atoms with Crippen molar-refractivity contribution in [2.75, 3.05) is 0 Å². The number of aryl methyl sites for hydroxylation is 1. The van der Waals surface area contributed by atoms with Gasteiger partial charge in [-0.2, -0.15) is 0 Å². The Morgan fingerprint density at radius 1 is 1.16 bits per heavy atom. The zero-order valence-corrected chi connectivity index (χ0v) is 14.7. The van der Waals surface area contributed by atoms with Gasteiger partial charge in [-0.15, -0.1) is 11.3 Å². The van der Waals surface area contributed by atoms with Crippen molar-refractivity contribution in [3.05, 3.63) is 82.1 Å². The second-order valence-corrected chi connectivity index (χ2v) is 7.13. The Morgan fingerprint density at radius 3 is 2.84 bits per heavy atom. The van der Waals surface area contributed by atoms with Crippen LogP contribution in [-0.4, -0.2) is 15.8 Å². The molecule has 1 amide bonds. The lowest BCUT2D eigenvalue weighted by atomic mass is 10.2. The first-order valence-corrected chi connectivity index (χ1v) is 9.00. The fourth-order valence-corrected chi connectivity index (χ4v) is 3.64. The summed E-state index contributed by atoms with van der Waals surface area (Å²) in [6.45, 7) is 3.05. The minimum absolute atomic E-state index is 0.0290. The molecule has 0 aliphatic rings. The number of fused-ring (bicyclic) bond motifs is 1. The van der Waals surface area contributed by atoms with Gasteiger partial charge in [0.25, 0.3) is 5.91 Å². The zero-order chi connectivity index (χ0) is 17.2. The Labute approximate surface area is 149 Å². The Morgan fingerprint density at radius 2 is 2.08 bits per heavy atom. The van der Waals surface area contributed by atoms with Crippen molar-refractivity contribution < 1.29 is 9.21 Å². The van der Waals surface area contributed by atoms with Crippen LogP contribution in [-0.2, 0) is 13.1 Å². The third-order valence-electron chi connectivity index (χ3n) is 4.15. The summed E-state index contributed by atoms with van der Waals surface area (Å²) in [5, 5.41) is 3.08. The van der Waals surface area contributed by atoms with Crippen LogP contribution in [0.5, 0.6) is 0 Å². The highest BCUT2D eigenvalue weighted by Crippen LogP contribution is 2.21. The second kappa shape index (κ2) is 6.61. The number of thiophene rings is 1. The molecule has 5 heteroatoms. The van der Waals surface area contributed by atoms with E-state index in [1.54, 1.807) is 17.6 Å². The highest BCUT2D eigenvalue weighted by Gasteiger charge is 2.20. The van der Waals surface area contributed by atoms with Crippen molar-refractivity contribution in [1.29, 1.82) is 0 Å². The van der Waals surface area contributed by atoms with Crippen LogP contribution in [0.4, 0.5) is 0 Å². The van der Waals surface area contributed by atoms with Gasteiger partial charge in [-0.1, -0.05) is 17.7 Å². The fourth-order valence-electron chi connectivity index (χ4n) is 2.92. The smallest absolute Gasteiger partial charge is 0.271 e. The Balaban J connectivity index is 1.65. The first-order valence-electron chi connectivity index (χ1n) is 8.12. The van der Waals surface area contributed by atoms with Gasteiger partial charge < -0.3 is 14.3 Å². The number of nitrogens with zero attached hydrogens (tertiary/aromatic N) is 1. The molecule has 0 bridgehead atoms. The molecule has 0 fully saturated rings. The molecule has 0 saturated carbocycles.